The average Bonchev–Trinajstić information content (AvgIpc) is 3.42. The van der Waals surface area contributed by atoms with Crippen LogP contribution in [0, 0.1) is 29.6 Å². The molecule has 0 aromatic heterocycles. The van der Waals surface area contributed by atoms with E-state index in [2.05, 4.69) is 0 Å². The second-order valence-electron chi connectivity index (χ2n) is 8.88. The van der Waals surface area contributed by atoms with Gasteiger partial charge in [-0.1, -0.05) is 26.0 Å². The van der Waals surface area contributed by atoms with Crippen molar-refractivity contribution in [2.75, 3.05) is 13.7 Å². The summed E-state index contributed by atoms with van der Waals surface area (Å²) in [5, 5.41) is 0. The minimum Gasteiger partial charge on any atom is -0.497 e. The summed E-state index contributed by atoms with van der Waals surface area (Å²) in [6.07, 6.45) is 2.89. The lowest BCUT2D eigenvalue weighted by atomic mass is 9.81. The van der Waals surface area contributed by atoms with Crippen LogP contribution < -0.4 is 4.74 Å². The molecule has 30 heavy (non-hydrogen) atoms. The molecule has 0 spiro atoms. The summed E-state index contributed by atoms with van der Waals surface area (Å²) in [4.78, 5) is 52.6. The van der Waals surface area contributed by atoms with E-state index in [9.17, 15) is 19.2 Å². The molecule has 4 rings (SSSR count). The molecule has 2 bridgehead atoms. The number of ketones is 1. The number of esters is 1. The van der Waals surface area contributed by atoms with Gasteiger partial charge in [-0.2, -0.15) is 0 Å². The number of amides is 2. The molecule has 5 atom stereocenters. The van der Waals surface area contributed by atoms with Crippen LogP contribution in [0.2, 0.25) is 0 Å². The summed E-state index contributed by atoms with van der Waals surface area (Å²) in [6.45, 7) is 3.10. The molecule has 3 aliphatic rings. The molecule has 0 radical (unpaired) electrons. The van der Waals surface area contributed by atoms with Crippen molar-refractivity contribution in [1.29, 1.82) is 0 Å². The molecule has 2 amide bonds. The molecule has 3 fully saturated rings. The normalized spacial score (nSPS) is 28.1. The second kappa shape index (κ2) is 7.85. The first-order chi connectivity index (χ1) is 14.3. The van der Waals surface area contributed by atoms with E-state index in [1.807, 2.05) is 0 Å². The van der Waals surface area contributed by atoms with Gasteiger partial charge in [0.15, 0.2) is 12.4 Å². The van der Waals surface area contributed by atoms with Crippen molar-refractivity contribution >= 4 is 23.6 Å². The summed E-state index contributed by atoms with van der Waals surface area (Å²) < 4.78 is 10.4. The molecule has 1 aromatic carbocycles. The Morgan fingerprint density at radius 3 is 2.30 bits per heavy atom. The lowest BCUT2D eigenvalue weighted by molar-refractivity contribution is -0.160. The molecule has 0 unspecified atom stereocenters. The highest BCUT2D eigenvalue weighted by Crippen LogP contribution is 2.56. The van der Waals surface area contributed by atoms with Gasteiger partial charge in [0, 0.05) is 5.56 Å². The summed E-state index contributed by atoms with van der Waals surface area (Å²) in [7, 11) is 1.50. The SMILES string of the molecule is COc1cccc(C(=O)COC(=O)[C@@H](C(C)C)N2C(=O)[C@H]3[C@@H]4CC[C@@H](C4)[C@@H]3C2=O)c1. The lowest BCUT2D eigenvalue weighted by Crippen LogP contribution is -2.50. The highest BCUT2D eigenvalue weighted by Gasteiger charge is 2.62. The van der Waals surface area contributed by atoms with Crippen molar-refractivity contribution in [2.24, 2.45) is 29.6 Å². The van der Waals surface area contributed by atoms with Crippen LogP contribution >= 0.6 is 0 Å². The third-order valence-electron chi connectivity index (χ3n) is 6.85. The van der Waals surface area contributed by atoms with E-state index in [-0.39, 0.29) is 47.2 Å². The lowest BCUT2D eigenvalue weighted by Gasteiger charge is -2.28. The molecule has 1 aliphatic heterocycles. The molecule has 160 valence electrons. The van der Waals surface area contributed by atoms with Crippen LogP contribution in [0.5, 0.6) is 5.75 Å². The number of likely N-dealkylation sites (tertiary alicyclic amines) is 1. The number of imide groups is 1. The van der Waals surface area contributed by atoms with E-state index in [0.29, 0.717) is 11.3 Å². The number of carbonyl (C=O) groups excluding carboxylic acids is 4. The Labute approximate surface area is 175 Å². The first kappa shape index (κ1) is 20.6. The van der Waals surface area contributed by atoms with Crippen molar-refractivity contribution in [3.63, 3.8) is 0 Å². The van der Waals surface area contributed by atoms with E-state index in [1.165, 1.54) is 7.11 Å². The Morgan fingerprint density at radius 1 is 1.10 bits per heavy atom. The third-order valence-corrected chi connectivity index (χ3v) is 6.85. The summed E-state index contributed by atoms with van der Waals surface area (Å²) in [5.41, 5.74) is 0.364. The van der Waals surface area contributed by atoms with Crippen LogP contribution in [-0.4, -0.2) is 48.2 Å². The van der Waals surface area contributed by atoms with Crippen molar-refractivity contribution < 1.29 is 28.7 Å². The number of benzene rings is 1. The van der Waals surface area contributed by atoms with E-state index in [1.54, 1.807) is 38.1 Å². The zero-order chi connectivity index (χ0) is 21.6. The minimum absolute atomic E-state index is 0.244. The van der Waals surface area contributed by atoms with Crippen LogP contribution in [0.15, 0.2) is 24.3 Å². The Kier molecular flexibility index (Phi) is 5.38. The minimum atomic E-state index is -1.01. The van der Waals surface area contributed by atoms with Crippen LogP contribution in [0.1, 0.15) is 43.5 Å². The average molecular weight is 413 g/mol. The smallest absolute Gasteiger partial charge is 0.330 e. The topological polar surface area (TPSA) is 90.0 Å². The number of Topliss-reactive ketones (excluding diaryl/α,β-unsaturated/α-hetero) is 1. The number of rotatable bonds is 7. The molecule has 7 heteroatoms. The number of nitrogens with zero attached hydrogens (tertiary/aromatic N) is 1. The summed E-state index contributed by atoms with van der Waals surface area (Å²) >= 11 is 0. The summed E-state index contributed by atoms with van der Waals surface area (Å²) in [6, 6.07) is 5.57. The van der Waals surface area contributed by atoms with Crippen LogP contribution in [-0.2, 0) is 19.1 Å². The molecular weight excluding hydrogens is 386 g/mol. The molecule has 2 aliphatic carbocycles. The van der Waals surface area contributed by atoms with Crippen molar-refractivity contribution in [3.05, 3.63) is 29.8 Å². The number of hydrogen-bond acceptors (Lipinski definition) is 6. The molecule has 1 aromatic rings. The van der Waals surface area contributed by atoms with Gasteiger partial charge in [0.2, 0.25) is 11.8 Å². The fourth-order valence-corrected chi connectivity index (χ4v) is 5.48. The predicted molar refractivity (Wildman–Crippen MR) is 107 cm³/mol. The van der Waals surface area contributed by atoms with Crippen LogP contribution in [0.4, 0.5) is 0 Å². The van der Waals surface area contributed by atoms with Gasteiger partial charge >= 0.3 is 5.97 Å². The third kappa shape index (κ3) is 3.30. The molecule has 1 heterocycles. The van der Waals surface area contributed by atoms with Gasteiger partial charge in [-0.15, -0.1) is 0 Å². The van der Waals surface area contributed by atoms with Gasteiger partial charge in [-0.25, -0.2) is 4.79 Å². The number of hydrogen-bond donors (Lipinski definition) is 0. The van der Waals surface area contributed by atoms with Crippen molar-refractivity contribution in [2.45, 2.75) is 39.2 Å². The predicted octanol–water partition coefficient (Wildman–Crippen LogP) is 2.48. The maximum atomic E-state index is 13.1. The Bertz CT molecular complexity index is 865. The van der Waals surface area contributed by atoms with Gasteiger partial charge in [0.1, 0.15) is 11.8 Å². The second-order valence-corrected chi connectivity index (χ2v) is 8.88. The van der Waals surface area contributed by atoms with E-state index >= 15 is 0 Å². The maximum absolute atomic E-state index is 13.1. The van der Waals surface area contributed by atoms with E-state index in [4.69, 9.17) is 9.47 Å². The number of ether oxygens (including phenoxy) is 2. The number of fused-ring (bicyclic) bond motifs is 5. The van der Waals surface area contributed by atoms with E-state index in [0.717, 1.165) is 24.2 Å². The molecule has 7 nitrogen and oxygen atoms in total. The quantitative estimate of drug-likeness (QED) is 0.388. The fourth-order valence-electron chi connectivity index (χ4n) is 5.48. The number of carbonyl (C=O) groups is 4. The molecule has 2 saturated carbocycles. The van der Waals surface area contributed by atoms with Gasteiger partial charge in [-0.3, -0.25) is 19.3 Å². The standard InChI is InChI=1S/C23H27NO6/c1-12(2)20(23(28)30-11-17(25)13-5-4-6-16(10-13)29-3)24-21(26)18-14-7-8-15(9-14)19(18)22(24)27/h4-6,10,12,14-15,18-20H,7-9,11H2,1-3H3/t14-,15+,18-,19-,20+/m0/s1. The molecule has 0 N–H and O–H groups in total. The Balaban J connectivity index is 1.47. The Morgan fingerprint density at radius 2 is 1.73 bits per heavy atom. The van der Waals surface area contributed by atoms with Crippen LogP contribution in [0.25, 0.3) is 0 Å². The van der Waals surface area contributed by atoms with Crippen molar-refractivity contribution in [3.8, 4) is 5.75 Å². The van der Waals surface area contributed by atoms with Gasteiger partial charge < -0.3 is 9.47 Å². The first-order valence-corrected chi connectivity index (χ1v) is 10.5. The summed E-state index contributed by atoms with van der Waals surface area (Å²) in [5.74, 6) is -1.43. The maximum Gasteiger partial charge on any atom is 0.330 e. The van der Waals surface area contributed by atoms with E-state index < -0.39 is 18.6 Å². The molecule has 1 saturated heterocycles. The molecular formula is C23H27NO6. The van der Waals surface area contributed by atoms with Crippen molar-refractivity contribution in [1.82, 2.24) is 4.90 Å². The van der Waals surface area contributed by atoms with Crippen LogP contribution in [0.3, 0.4) is 0 Å². The Hall–Kier alpha value is -2.70. The highest BCUT2D eigenvalue weighted by atomic mass is 16.5. The first-order valence-electron chi connectivity index (χ1n) is 10.5. The van der Waals surface area contributed by atoms with Gasteiger partial charge in [-0.05, 0) is 49.1 Å². The zero-order valence-electron chi connectivity index (χ0n) is 17.5. The largest absolute Gasteiger partial charge is 0.497 e. The van der Waals surface area contributed by atoms with Gasteiger partial charge in [0.25, 0.3) is 0 Å². The fraction of sp³-hybridized carbons (Fsp3) is 0.565. The zero-order valence-corrected chi connectivity index (χ0v) is 17.5. The number of methoxy groups -OCH3 is 1. The highest BCUT2D eigenvalue weighted by molar-refractivity contribution is 6.09. The monoisotopic (exact) mass is 413 g/mol. The van der Waals surface area contributed by atoms with Gasteiger partial charge in [0.05, 0.1) is 18.9 Å².